The molecule has 6 aromatic rings. The maximum atomic E-state index is 7.66. The van der Waals surface area contributed by atoms with Gasteiger partial charge in [0.2, 0.25) is 0 Å². The summed E-state index contributed by atoms with van der Waals surface area (Å²) in [5.74, 6) is 3.68. The molecule has 0 amide bonds. The smallest absolute Gasteiger partial charge is 0.139 e. The standard InChI is InChI=1S/C49H52O3P2/c1-47(2,3)33-29-37-45(43(31-33)53(35-21-13-11-14-22-35)41-27-19-17-25-39(41)50-9)52-46-38(49(37,7)8)30-34(48(4,5)6)32-44(46)54(36-23-15-12-16-24-36)42-28-20-18-26-40(42)51-10/h11-32H,1-10H3/t53-,54-/m0/s1. The summed E-state index contributed by atoms with van der Waals surface area (Å²) in [6, 6.07) is 48.5. The minimum Gasteiger partial charge on any atom is -0.496 e. The first-order chi connectivity index (χ1) is 25.7. The van der Waals surface area contributed by atoms with Gasteiger partial charge in [0.25, 0.3) is 0 Å². The van der Waals surface area contributed by atoms with Crippen LogP contribution in [0.15, 0.2) is 133 Å². The fourth-order valence-electron chi connectivity index (χ4n) is 7.41. The van der Waals surface area contributed by atoms with Crippen LogP contribution >= 0.6 is 15.8 Å². The van der Waals surface area contributed by atoms with Gasteiger partial charge in [-0.2, -0.15) is 0 Å². The molecule has 0 bridgehead atoms. The molecule has 0 saturated carbocycles. The largest absolute Gasteiger partial charge is 0.496 e. The zero-order chi connectivity index (χ0) is 38.4. The molecule has 7 rings (SSSR count). The summed E-state index contributed by atoms with van der Waals surface area (Å²) < 4.78 is 19.8. The van der Waals surface area contributed by atoms with Crippen molar-refractivity contribution in [1.82, 2.24) is 0 Å². The Morgan fingerprint density at radius 2 is 0.815 bits per heavy atom. The van der Waals surface area contributed by atoms with Crippen molar-refractivity contribution >= 4 is 47.7 Å². The van der Waals surface area contributed by atoms with E-state index in [-0.39, 0.29) is 16.2 Å². The summed E-state index contributed by atoms with van der Waals surface area (Å²) in [5, 5.41) is 7.25. The second-order valence-corrected chi connectivity index (χ2v) is 21.0. The Labute approximate surface area is 325 Å². The van der Waals surface area contributed by atoms with E-state index in [9.17, 15) is 0 Å². The third kappa shape index (κ3) is 6.98. The number of fused-ring (bicyclic) bond motifs is 2. The Bertz CT molecular complexity index is 2120. The van der Waals surface area contributed by atoms with Crippen molar-refractivity contribution in [3.63, 3.8) is 0 Å². The molecule has 3 nitrogen and oxygen atoms in total. The van der Waals surface area contributed by atoms with Crippen molar-refractivity contribution in [1.29, 1.82) is 0 Å². The van der Waals surface area contributed by atoms with E-state index < -0.39 is 15.8 Å². The van der Waals surface area contributed by atoms with Gasteiger partial charge in [-0.3, -0.25) is 0 Å². The van der Waals surface area contributed by atoms with Crippen LogP contribution in [0.25, 0.3) is 0 Å². The average molecular weight is 751 g/mol. The number of hydrogen-bond donors (Lipinski definition) is 0. The lowest BCUT2D eigenvalue weighted by atomic mass is 9.72. The number of benzene rings is 6. The van der Waals surface area contributed by atoms with Crippen molar-refractivity contribution in [2.24, 2.45) is 0 Å². The number of para-hydroxylation sites is 2. The number of methoxy groups -OCH3 is 2. The van der Waals surface area contributed by atoms with Crippen molar-refractivity contribution < 1.29 is 14.2 Å². The lowest BCUT2D eigenvalue weighted by Crippen LogP contribution is -2.35. The van der Waals surface area contributed by atoms with Crippen LogP contribution in [0.5, 0.6) is 23.0 Å². The molecule has 0 N–H and O–H groups in total. The molecule has 0 aliphatic carbocycles. The second-order valence-electron chi connectivity index (χ2n) is 16.7. The Morgan fingerprint density at radius 3 is 1.17 bits per heavy atom. The van der Waals surface area contributed by atoms with Gasteiger partial charge in [0, 0.05) is 37.8 Å². The molecule has 1 heterocycles. The Morgan fingerprint density at radius 1 is 0.463 bits per heavy atom. The number of hydrogen-bond acceptors (Lipinski definition) is 3. The SMILES string of the molecule is COc1ccccc1[P@](c1ccccc1)c1cc(C(C)(C)C)cc2c1Oc1c([P@@](c3ccccc3)c3ccccc3OC)cc(C(C)(C)C)cc1C2(C)C. The molecule has 0 spiro atoms. The Kier molecular flexibility index (Phi) is 10.3. The normalized spacial score (nSPS) is 14.6. The molecular weight excluding hydrogens is 698 g/mol. The van der Waals surface area contributed by atoms with E-state index in [0.717, 1.165) is 23.0 Å². The first-order valence-electron chi connectivity index (χ1n) is 18.8. The van der Waals surface area contributed by atoms with Crippen molar-refractivity contribution in [2.75, 3.05) is 14.2 Å². The van der Waals surface area contributed by atoms with Gasteiger partial charge in [0.1, 0.15) is 23.0 Å². The maximum absolute atomic E-state index is 7.66. The third-order valence-electron chi connectivity index (χ3n) is 10.6. The molecule has 0 radical (unpaired) electrons. The summed E-state index contributed by atoms with van der Waals surface area (Å²) in [7, 11) is 1.37. The molecular formula is C49H52O3P2. The molecule has 1 aliphatic heterocycles. The predicted octanol–water partition coefficient (Wildman–Crippen LogP) is 10.2. The summed E-state index contributed by atoms with van der Waals surface area (Å²) in [4.78, 5) is 0. The molecule has 6 aromatic carbocycles. The molecule has 1 aliphatic rings. The molecule has 54 heavy (non-hydrogen) atoms. The van der Waals surface area contributed by atoms with Gasteiger partial charge in [-0.15, -0.1) is 0 Å². The van der Waals surface area contributed by atoms with E-state index in [1.54, 1.807) is 14.2 Å². The lowest BCUT2D eigenvalue weighted by molar-refractivity contribution is 0.418. The third-order valence-corrected chi connectivity index (χ3v) is 15.5. The summed E-state index contributed by atoms with van der Waals surface area (Å²) in [6.07, 6.45) is 0. The van der Waals surface area contributed by atoms with Gasteiger partial charge >= 0.3 is 0 Å². The minimum atomic E-state index is -1.09. The highest BCUT2D eigenvalue weighted by Gasteiger charge is 2.42. The van der Waals surface area contributed by atoms with Gasteiger partial charge in [-0.1, -0.05) is 165 Å². The van der Waals surface area contributed by atoms with Crippen LogP contribution in [-0.2, 0) is 16.2 Å². The van der Waals surface area contributed by atoms with E-state index in [1.165, 1.54) is 54.1 Å². The summed E-state index contributed by atoms with van der Waals surface area (Å²) in [6.45, 7) is 18.7. The van der Waals surface area contributed by atoms with Crippen LogP contribution < -0.4 is 46.0 Å². The van der Waals surface area contributed by atoms with Crippen molar-refractivity contribution in [3.8, 4) is 23.0 Å². The highest BCUT2D eigenvalue weighted by Crippen LogP contribution is 2.54. The first-order valence-corrected chi connectivity index (χ1v) is 21.4. The zero-order valence-electron chi connectivity index (χ0n) is 33.3. The molecule has 2 atom stereocenters. The average Bonchev–Trinajstić information content (AvgIpc) is 3.16. The van der Waals surface area contributed by atoms with Crippen LogP contribution in [0.2, 0.25) is 0 Å². The van der Waals surface area contributed by atoms with Crippen LogP contribution in [0, 0.1) is 0 Å². The molecule has 276 valence electrons. The van der Waals surface area contributed by atoms with Crippen molar-refractivity contribution in [3.05, 3.63) is 156 Å². The number of rotatable bonds is 8. The van der Waals surface area contributed by atoms with Crippen LogP contribution in [0.1, 0.15) is 77.6 Å². The Balaban J connectivity index is 1.59. The minimum absolute atomic E-state index is 0.0947. The fraction of sp³-hybridized carbons (Fsp3) is 0.265. The molecule has 5 heteroatoms. The highest BCUT2D eigenvalue weighted by molar-refractivity contribution is 7.80. The Hall–Kier alpha value is -4.42. The topological polar surface area (TPSA) is 27.7 Å². The van der Waals surface area contributed by atoms with Gasteiger partial charge < -0.3 is 14.2 Å². The molecule has 0 unspecified atom stereocenters. The van der Waals surface area contributed by atoms with Gasteiger partial charge in [0.15, 0.2) is 0 Å². The highest BCUT2D eigenvalue weighted by atomic mass is 31.1. The van der Waals surface area contributed by atoms with Gasteiger partial charge in [-0.05, 0) is 72.7 Å². The quantitative estimate of drug-likeness (QED) is 0.145. The van der Waals surface area contributed by atoms with E-state index >= 15 is 0 Å². The van der Waals surface area contributed by atoms with E-state index in [4.69, 9.17) is 14.2 Å². The molecule has 0 fully saturated rings. The molecule has 0 aromatic heterocycles. The number of ether oxygens (including phenoxy) is 3. The monoisotopic (exact) mass is 750 g/mol. The predicted molar refractivity (Wildman–Crippen MR) is 233 cm³/mol. The van der Waals surface area contributed by atoms with E-state index in [0.29, 0.717) is 0 Å². The summed E-state index contributed by atoms with van der Waals surface area (Å²) >= 11 is 0. The van der Waals surface area contributed by atoms with Crippen LogP contribution in [0.3, 0.4) is 0 Å². The van der Waals surface area contributed by atoms with E-state index in [1.807, 2.05) is 0 Å². The van der Waals surface area contributed by atoms with Crippen molar-refractivity contribution in [2.45, 2.75) is 71.6 Å². The van der Waals surface area contributed by atoms with E-state index in [2.05, 4.69) is 189 Å². The first kappa shape index (κ1) is 37.9. The fourth-order valence-corrected chi connectivity index (χ4v) is 12.5. The molecule has 0 saturated heterocycles. The van der Waals surface area contributed by atoms with Gasteiger partial charge in [0.05, 0.1) is 14.2 Å². The van der Waals surface area contributed by atoms with Crippen LogP contribution in [-0.4, -0.2) is 14.2 Å². The van der Waals surface area contributed by atoms with Gasteiger partial charge in [-0.25, -0.2) is 0 Å². The lowest BCUT2D eigenvalue weighted by Gasteiger charge is -2.41. The summed E-state index contributed by atoms with van der Waals surface area (Å²) in [5.41, 5.74) is 4.45. The second kappa shape index (κ2) is 14.7. The zero-order valence-corrected chi connectivity index (χ0v) is 35.1. The van der Waals surface area contributed by atoms with Crippen LogP contribution in [0.4, 0.5) is 0 Å². The maximum Gasteiger partial charge on any atom is 0.139 e.